The number of nitrogens with one attached hydrogen (secondary N) is 1. The Bertz CT molecular complexity index is 1150. The summed E-state index contributed by atoms with van der Waals surface area (Å²) in [5.74, 6) is -0.483. The van der Waals surface area contributed by atoms with Crippen molar-refractivity contribution >= 4 is 28.5 Å². The van der Waals surface area contributed by atoms with Gasteiger partial charge >= 0.3 is 12.4 Å². The van der Waals surface area contributed by atoms with Crippen molar-refractivity contribution in [2.45, 2.75) is 70.5 Å². The summed E-state index contributed by atoms with van der Waals surface area (Å²) in [6.07, 6.45) is -2.98. The van der Waals surface area contributed by atoms with Gasteiger partial charge in [-0.3, -0.25) is 9.59 Å². The van der Waals surface area contributed by atoms with Gasteiger partial charge in [0.25, 0.3) is 0 Å². The van der Waals surface area contributed by atoms with Crippen LogP contribution >= 0.6 is 11.8 Å². The van der Waals surface area contributed by atoms with Gasteiger partial charge in [0.05, 0.1) is 16.8 Å². The molecule has 0 aromatic heterocycles. The number of hydrogen-bond acceptors (Lipinski definition) is 3. The van der Waals surface area contributed by atoms with Gasteiger partial charge in [-0.15, -0.1) is 0 Å². The highest BCUT2D eigenvalue weighted by Crippen LogP contribution is 2.67. The average Bonchev–Trinajstić information content (AvgIpc) is 3.16. The highest BCUT2D eigenvalue weighted by Gasteiger charge is 2.62. The standard InChI is InChI=1S/C28H31F6NO2S/c1-14-13-20-26(3,12-10-21(36)38-20)16-9-11-25(2)15(22(14)16)7-8-19(25)24(37)35-23-17(27(29,30)31)5-4-6-18(23)28(32,33)34/h4-6,10,12,14-16,19-20,22H,7-9,11,13H2,1-3H3,(H,35,37)/t14?,15-,16+,19?,20?,22-,25-,26+/m0/s1. The quantitative estimate of drug-likeness (QED) is 0.374. The second-order valence-electron chi connectivity index (χ2n) is 12.0. The van der Waals surface area contributed by atoms with Crippen LogP contribution in [0.1, 0.15) is 64.0 Å². The zero-order chi connectivity index (χ0) is 27.8. The number of para-hydroxylation sites is 1. The predicted molar refractivity (Wildman–Crippen MR) is 133 cm³/mol. The van der Waals surface area contributed by atoms with Gasteiger partial charge in [0.1, 0.15) is 0 Å². The van der Waals surface area contributed by atoms with E-state index in [1.165, 1.54) is 11.8 Å². The number of hydrogen-bond donors (Lipinski definition) is 1. The molecule has 3 saturated carbocycles. The molecule has 8 atom stereocenters. The van der Waals surface area contributed by atoms with Crippen LogP contribution in [0.25, 0.3) is 0 Å². The molecule has 3 aliphatic carbocycles. The normalized spacial score (nSPS) is 38.8. The second-order valence-corrected chi connectivity index (χ2v) is 13.2. The number of carbonyl (C=O) groups excluding carboxylic acids is 2. The second kappa shape index (κ2) is 9.03. The van der Waals surface area contributed by atoms with E-state index in [2.05, 4.69) is 25.2 Å². The number of fused-ring (bicyclic) bond motifs is 5. The van der Waals surface area contributed by atoms with E-state index in [1.54, 1.807) is 6.08 Å². The molecule has 1 aromatic carbocycles. The van der Waals surface area contributed by atoms with Gasteiger partial charge in [-0.2, -0.15) is 26.3 Å². The lowest BCUT2D eigenvalue weighted by molar-refractivity contribution is -0.142. The Morgan fingerprint density at radius 2 is 1.63 bits per heavy atom. The summed E-state index contributed by atoms with van der Waals surface area (Å²) in [5, 5.41) is 2.35. The third-order valence-corrected chi connectivity index (χ3v) is 11.5. The summed E-state index contributed by atoms with van der Waals surface area (Å²) >= 11 is 1.39. The van der Waals surface area contributed by atoms with Crippen LogP contribution in [-0.4, -0.2) is 16.3 Å². The van der Waals surface area contributed by atoms with Gasteiger partial charge < -0.3 is 5.32 Å². The predicted octanol–water partition coefficient (Wildman–Crippen LogP) is 7.97. The van der Waals surface area contributed by atoms with Crippen molar-refractivity contribution in [1.82, 2.24) is 0 Å². The Balaban J connectivity index is 1.45. The van der Waals surface area contributed by atoms with Crippen LogP contribution in [0, 0.1) is 40.4 Å². The lowest BCUT2D eigenvalue weighted by Gasteiger charge is -2.60. The Morgan fingerprint density at radius 3 is 2.24 bits per heavy atom. The lowest BCUT2D eigenvalue weighted by atomic mass is 9.47. The van der Waals surface area contributed by atoms with E-state index >= 15 is 0 Å². The van der Waals surface area contributed by atoms with Crippen LogP contribution in [-0.2, 0) is 21.9 Å². The van der Waals surface area contributed by atoms with E-state index < -0.39 is 46.4 Å². The molecule has 1 aliphatic heterocycles. The van der Waals surface area contributed by atoms with E-state index in [0.717, 1.165) is 12.8 Å². The molecule has 4 aliphatic rings. The van der Waals surface area contributed by atoms with Crippen molar-refractivity contribution < 1.29 is 35.9 Å². The highest BCUT2D eigenvalue weighted by atomic mass is 32.2. The molecule has 3 unspecified atom stereocenters. The Morgan fingerprint density at radius 1 is 1.00 bits per heavy atom. The van der Waals surface area contributed by atoms with E-state index in [4.69, 9.17) is 0 Å². The lowest BCUT2D eigenvalue weighted by Crippen LogP contribution is -2.56. The summed E-state index contributed by atoms with van der Waals surface area (Å²) in [6, 6.07) is 1.84. The zero-order valence-electron chi connectivity index (χ0n) is 21.4. The topological polar surface area (TPSA) is 46.2 Å². The van der Waals surface area contributed by atoms with E-state index in [1.807, 2.05) is 6.92 Å². The number of benzene rings is 1. The molecule has 208 valence electrons. The fraction of sp³-hybridized carbons (Fsp3) is 0.643. The number of rotatable bonds is 2. The number of allylic oxidation sites excluding steroid dienone is 1. The fourth-order valence-corrected chi connectivity index (χ4v) is 9.67. The van der Waals surface area contributed by atoms with Crippen molar-refractivity contribution in [1.29, 1.82) is 0 Å². The molecule has 1 N–H and O–H groups in total. The molecule has 0 radical (unpaired) electrons. The molecule has 10 heteroatoms. The number of alkyl halides is 6. The third kappa shape index (κ3) is 4.29. The molecule has 3 nitrogen and oxygen atoms in total. The third-order valence-electron chi connectivity index (χ3n) is 10.1. The Hall–Kier alpha value is -1.97. The highest BCUT2D eigenvalue weighted by molar-refractivity contribution is 8.14. The average molecular weight is 560 g/mol. The van der Waals surface area contributed by atoms with Gasteiger partial charge in [0.2, 0.25) is 11.0 Å². The van der Waals surface area contributed by atoms with Gasteiger partial charge in [-0.05, 0) is 79.4 Å². The zero-order valence-corrected chi connectivity index (χ0v) is 22.2. The number of carbonyl (C=O) groups is 2. The summed E-state index contributed by atoms with van der Waals surface area (Å²) in [4.78, 5) is 25.6. The first kappa shape index (κ1) is 27.6. The molecule has 0 spiro atoms. The van der Waals surface area contributed by atoms with E-state index in [0.29, 0.717) is 49.3 Å². The van der Waals surface area contributed by atoms with Gasteiger partial charge in [-0.25, -0.2) is 0 Å². The van der Waals surface area contributed by atoms with E-state index in [-0.39, 0.29) is 27.6 Å². The van der Waals surface area contributed by atoms with Crippen LogP contribution in [0.2, 0.25) is 0 Å². The first-order valence-corrected chi connectivity index (χ1v) is 13.9. The molecular weight excluding hydrogens is 528 g/mol. The molecule has 1 amide bonds. The number of amides is 1. The van der Waals surface area contributed by atoms with E-state index in [9.17, 15) is 35.9 Å². The first-order chi connectivity index (χ1) is 17.6. The van der Waals surface area contributed by atoms with Crippen LogP contribution in [0.15, 0.2) is 30.4 Å². The maximum atomic E-state index is 13.7. The smallest absolute Gasteiger partial charge is 0.325 e. The summed E-state index contributed by atoms with van der Waals surface area (Å²) in [5.41, 5.74) is -4.91. The molecule has 3 fully saturated rings. The van der Waals surface area contributed by atoms with Gasteiger partial charge in [0, 0.05) is 16.6 Å². The minimum Gasteiger partial charge on any atom is -0.325 e. The van der Waals surface area contributed by atoms with Crippen molar-refractivity contribution in [2.75, 3.05) is 5.32 Å². The Labute approximate surface area is 222 Å². The van der Waals surface area contributed by atoms with Crippen LogP contribution in [0.3, 0.4) is 0 Å². The van der Waals surface area contributed by atoms with Gasteiger partial charge in [0.15, 0.2) is 0 Å². The molecule has 0 bridgehead atoms. The molecule has 1 aromatic rings. The molecule has 0 saturated heterocycles. The number of thioether (sulfide) groups is 1. The van der Waals surface area contributed by atoms with Gasteiger partial charge in [-0.1, -0.05) is 44.7 Å². The minimum atomic E-state index is -5.06. The monoisotopic (exact) mass is 559 g/mol. The van der Waals surface area contributed by atoms with Crippen molar-refractivity contribution in [2.24, 2.45) is 40.4 Å². The minimum absolute atomic E-state index is 0.0636. The first-order valence-electron chi connectivity index (χ1n) is 13.1. The Kier molecular flexibility index (Phi) is 6.56. The molecule has 1 heterocycles. The van der Waals surface area contributed by atoms with Crippen molar-refractivity contribution in [3.63, 3.8) is 0 Å². The molecular formula is C28H31F6NO2S. The van der Waals surface area contributed by atoms with Crippen LogP contribution in [0.5, 0.6) is 0 Å². The maximum absolute atomic E-state index is 13.7. The summed E-state index contributed by atoms with van der Waals surface area (Å²) in [7, 11) is 0. The number of halogens is 6. The fourth-order valence-electron chi connectivity index (χ4n) is 8.33. The van der Waals surface area contributed by atoms with Crippen molar-refractivity contribution in [3.8, 4) is 0 Å². The SMILES string of the molecule is CC1CC2SC(=O)C=C[C@]2(C)[C@@H]2CC[C@]3(C)C(C(=O)Nc4c(C(F)(F)F)cccc4C(F)(F)F)CC[C@H]3[C@H]12. The molecule has 38 heavy (non-hydrogen) atoms. The molecule has 5 rings (SSSR count). The van der Waals surface area contributed by atoms with Crippen LogP contribution in [0.4, 0.5) is 32.0 Å². The summed E-state index contributed by atoms with van der Waals surface area (Å²) in [6.45, 7) is 6.36. The van der Waals surface area contributed by atoms with Crippen LogP contribution < -0.4 is 5.32 Å². The maximum Gasteiger partial charge on any atom is 0.418 e. The summed E-state index contributed by atoms with van der Waals surface area (Å²) < 4.78 is 82.0. The number of anilines is 1. The van der Waals surface area contributed by atoms with Crippen molar-refractivity contribution in [3.05, 3.63) is 41.5 Å². The largest absolute Gasteiger partial charge is 0.418 e.